The van der Waals surface area contributed by atoms with Crippen LogP contribution in [0.15, 0.2) is 41.8 Å². The zero-order chi connectivity index (χ0) is 20.4. The molecule has 28 heavy (non-hydrogen) atoms. The molecular formula is C21H26N2O4S. The second kappa shape index (κ2) is 11.4. The van der Waals surface area contributed by atoms with Gasteiger partial charge in [-0.1, -0.05) is 43.7 Å². The van der Waals surface area contributed by atoms with E-state index in [0.717, 1.165) is 22.0 Å². The van der Waals surface area contributed by atoms with Crippen LogP contribution < -0.4 is 0 Å². The normalized spacial score (nSPS) is 11.7. The number of carbonyl (C=O) groups excluding carboxylic acids is 2. The van der Waals surface area contributed by atoms with Gasteiger partial charge in [-0.05, 0) is 38.0 Å². The Hall–Kier alpha value is -2.41. The van der Waals surface area contributed by atoms with Crippen molar-refractivity contribution in [2.24, 2.45) is 0 Å². The molecule has 0 aliphatic rings. The lowest BCUT2D eigenvalue weighted by Crippen LogP contribution is -2.26. The summed E-state index contributed by atoms with van der Waals surface area (Å²) in [7, 11) is 0. The summed E-state index contributed by atoms with van der Waals surface area (Å²) >= 11 is 1.66. The molecule has 1 atom stereocenters. The van der Waals surface area contributed by atoms with Crippen LogP contribution in [0.1, 0.15) is 50.4 Å². The van der Waals surface area contributed by atoms with E-state index in [1.807, 2.05) is 0 Å². The van der Waals surface area contributed by atoms with E-state index in [-0.39, 0.29) is 6.61 Å². The standard InChI is InChI=1S/C21H26N2O4S/c1-4-6-7-12-28-21-22-13-18(14-23-21)16-8-10-17(11-9-16)20(25)27-15(3)19(24)26-5-2/h8-11,13-15H,4-7,12H2,1-3H3. The molecule has 0 spiro atoms. The summed E-state index contributed by atoms with van der Waals surface area (Å²) in [5, 5.41) is 0.771. The minimum Gasteiger partial charge on any atom is -0.463 e. The largest absolute Gasteiger partial charge is 0.463 e. The third-order valence-electron chi connectivity index (χ3n) is 3.96. The summed E-state index contributed by atoms with van der Waals surface area (Å²) < 4.78 is 9.96. The van der Waals surface area contributed by atoms with Crippen LogP contribution in [-0.2, 0) is 14.3 Å². The molecule has 0 saturated carbocycles. The molecule has 1 unspecified atom stereocenters. The zero-order valence-corrected chi connectivity index (χ0v) is 17.3. The molecule has 6 nitrogen and oxygen atoms in total. The lowest BCUT2D eigenvalue weighted by Gasteiger charge is -2.12. The number of unbranched alkanes of at least 4 members (excludes halogenated alkanes) is 2. The molecule has 1 heterocycles. The summed E-state index contributed by atoms with van der Waals surface area (Å²) in [6.07, 6.45) is 6.21. The fourth-order valence-electron chi connectivity index (χ4n) is 2.39. The Kier molecular flexibility index (Phi) is 8.94. The number of thioether (sulfide) groups is 1. The Balaban J connectivity index is 1.94. The minimum atomic E-state index is -0.942. The van der Waals surface area contributed by atoms with E-state index >= 15 is 0 Å². The number of esters is 2. The number of carbonyl (C=O) groups is 2. The maximum Gasteiger partial charge on any atom is 0.347 e. The number of rotatable bonds is 10. The molecule has 1 aromatic heterocycles. The highest BCUT2D eigenvalue weighted by Crippen LogP contribution is 2.21. The van der Waals surface area contributed by atoms with Crippen LogP contribution in [0, 0.1) is 0 Å². The zero-order valence-electron chi connectivity index (χ0n) is 16.5. The predicted octanol–water partition coefficient (Wildman–Crippen LogP) is 4.53. The Bertz CT molecular complexity index is 763. The summed E-state index contributed by atoms with van der Waals surface area (Å²) in [4.78, 5) is 32.5. The Morgan fingerprint density at radius 1 is 1.04 bits per heavy atom. The molecule has 0 aliphatic heterocycles. The number of aromatic nitrogens is 2. The molecule has 7 heteroatoms. The Morgan fingerprint density at radius 3 is 2.32 bits per heavy atom. The molecule has 0 fully saturated rings. The maximum atomic E-state index is 12.1. The number of nitrogens with zero attached hydrogens (tertiary/aromatic N) is 2. The average molecular weight is 403 g/mol. The second-order valence-electron chi connectivity index (χ2n) is 6.19. The van der Waals surface area contributed by atoms with Crippen LogP contribution in [0.2, 0.25) is 0 Å². The fourth-order valence-corrected chi connectivity index (χ4v) is 3.18. The van der Waals surface area contributed by atoms with Crippen LogP contribution in [0.3, 0.4) is 0 Å². The summed E-state index contributed by atoms with van der Waals surface area (Å²) in [6.45, 7) is 5.62. The van der Waals surface area contributed by atoms with E-state index in [2.05, 4.69) is 16.9 Å². The average Bonchev–Trinajstić information content (AvgIpc) is 2.72. The van der Waals surface area contributed by atoms with Gasteiger partial charge in [-0.3, -0.25) is 0 Å². The number of hydrogen-bond acceptors (Lipinski definition) is 7. The molecule has 150 valence electrons. The molecule has 0 aliphatic carbocycles. The van der Waals surface area contributed by atoms with Crippen LogP contribution in [0.5, 0.6) is 0 Å². The van der Waals surface area contributed by atoms with Crippen molar-refractivity contribution in [1.82, 2.24) is 9.97 Å². The van der Waals surface area contributed by atoms with Crippen molar-refractivity contribution in [3.63, 3.8) is 0 Å². The molecule has 0 N–H and O–H groups in total. The van der Waals surface area contributed by atoms with Crippen LogP contribution in [0.4, 0.5) is 0 Å². The van der Waals surface area contributed by atoms with Gasteiger partial charge in [-0.2, -0.15) is 0 Å². The van der Waals surface area contributed by atoms with Crippen LogP contribution in [0.25, 0.3) is 11.1 Å². The molecule has 0 radical (unpaired) electrons. The smallest absolute Gasteiger partial charge is 0.347 e. The van der Waals surface area contributed by atoms with Gasteiger partial charge < -0.3 is 9.47 Å². The summed E-state index contributed by atoms with van der Waals surface area (Å²) in [5.74, 6) is -0.103. The van der Waals surface area contributed by atoms with Gasteiger partial charge in [0, 0.05) is 23.7 Å². The molecule has 0 bridgehead atoms. The van der Waals surface area contributed by atoms with Gasteiger partial charge in [0.05, 0.1) is 12.2 Å². The third kappa shape index (κ3) is 6.64. The molecule has 2 rings (SSSR count). The van der Waals surface area contributed by atoms with Crippen molar-refractivity contribution < 1.29 is 19.1 Å². The Morgan fingerprint density at radius 2 is 1.71 bits per heavy atom. The highest BCUT2D eigenvalue weighted by Gasteiger charge is 2.19. The van der Waals surface area contributed by atoms with Crippen LogP contribution >= 0.6 is 11.8 Å². The summed E-state index contributed by atoms with van der Waals surface area (Å²) in [6, 6.07) is 6.92. The lowest BCUT2D eigenvalue weighted by molar-refractivity contribution is -0.152. The Labute approximate surface area is 170 Å². The van der Waals surface area contributed by atoms with E-state index in [1.54, 1.807) is 55.3 Å². The van der Waals surface area contributed by atoms with Crippen LogP contribution in [-0.4, -0.2) is 40.4 Å². The summed E-state index contributed by atoms with van der Waals surface area (Å²) in [5.41, 5.74) is 2.14. The van der Waals surface area contributed by atoms with Gasteiger partial charge in [0.1, 0.15) is 0 Å². The first-order valence-corrected chi connectivity index (χ1v) is 10.5. The number of ether oxygens (including phenoxy) is 2. The molecule has 2 aromatic rings. The fraction of sp³-hybridized carbons (Fsp3) is 0.429. The van der Waals surface area contributed by atoms with E-state index in [0.29, 0.717) is 5.56 Å². The van der Waals surface area contributed by atoms with E-state index in [4.69, 9.17) is 9.47 Å². The van der Waals surface area contributed by atoms with E-state index in [1.165, 1.54) is 26.2 Å². The van der Waals surface area contributed by atoms with Gasteiger partial charge >= 0.3 is 11.9 Å². The SMILES string of the molecule is CCCCCSc1ncc(-c2ccc(C(=O)OC(C)C(=O)OCC)cc2)cn1. The number of benzene rings is 1. The molecule has 1 aromatic carbocycles. The molecule has 0 amide bonds. The van der Waals surface area contributed by atoms with Gasteiger partial charge in [-0.25, -0.2) is 19.6 Å². The number of hydrogen-bond donors (Lipinski definition) is 0. The topological polar surface area (TPSA) is 78.4 Å². The van der Waals surface area contributed by atoms with Crippen molar-refractivity contribution in [3.05, 3.63) is 42.2 Å². The van der Waals surface area contributed by atoms with Gasteiger partial charge in [-0.15, -0.1) is 0 Å². The van der Waals surface area contributed by atoms with Gasteiger partial charge in [0.15, 0.2) is 11.3 Å². The maximum absolute atomic E-state index is 12.1. The van der Waals surface area contributed by atoms with Crippen molar-refractivity contribution in [2.45, 2.75) is 51.3 Å². The van der Waals surface area contributed by atoms with E-state index in [9.17, 15) is 9.59 Å². The molecule has 0 saturated heterocycles. The highest BCUT2D eigenvalue weighted by atomic mass is 32.2. The third-order valence-corrected chi connectivity index (χ3v) is 4.93. The van der Waals surface area contributed by atoms with Crippen molar-refractivity contribution in [2.75, 3.05) is 12.4 Å². The first-order chi connectivity index (χ1) is 13.5. The monoisotopic (exact) mass is 402 g/mol. The predicted molar refractivity (Wildman–Crippen MR) is 109 cm³/mol. The van der Waals surface area contributed by atoms with Gasteiger partial charge in [0.25, 0.3) is 0 Å². The van der Waals surface area contributed by atoms with Crippen molar-refractivity contribution in [3.8, 4) is 11.1 Å². The van der Waals surface area contributed by atoms with Crippen molar-refractivity contribution >= 4 is 23.7 Å². The van der Waals surface area contributed by atoms with Gasteiger partial charge in [0.2, 0.25) is 0 Å². The second-order valence-corrected chi connectivity index (χ2v) is 7.25. The lowest BCUT2D eigenvalue weighted by atomic mass is 10.1. The first-order valence-electron chi connectivity index (χ1n) is 9.48. The molecular weight excluding hydrogens is 376 g/mol. The first kappa shape index (κ1) is 21.9. The van der Waals surface area contributed by atoms with E-state index < -0.39 is 18.0 Å². The van der Waals surface area contributed by atoms with Crippen molar-refractivity contribution in [1.29, 1.82) is 0 Å². The minimum absolute atomic E-state index is 0.244. The highest BCUT2D eigenvalue weighted by molar-refractivity contribution is 7.99. The quantitative estimate of drug-likeness (QED) is 0.250.